The number of ether oxygens (including phenoxy) is 2. The van der Waals surface area contributed by atoms with Gasteiger partial charge in [0, 0.05) is 11.1 Å². The molecule has 0 aromatic rings. The van der Waals surface area contributed by atoms with E-state index >= 15 is 0 Å². The van der Waals surface area contributed by atoms with Crippen molar-refractivity contribution in [3.05, 3.63) is 24.3 Å². The number of rotatable bonds is 6. The van der Waals surface area contributed by atoms with E-state index < -0.39 is 36.1 Å². The molecule has 0 aromatic carbocycles. The molecule has 124 valence electrons. The maximum atomic E-state index is 10.6. The second-order valence-corrected chi connectivity index (χ2v) is 4.29. The summed E-state index contributed by atoms with van der Waals surface area (Å²) in [5, 5.41) is 20.1. The molecule has 23 heavy (non-hydrogen) atoms. The molecule has 0 saturated carbocycles. The molecule has 0 aliphatic heterocycles. The first-order chi connectivity index (χ1) is 9.89. The molecule has 9 heteroatoms. The molecule has 0 amide bonds. The fourth-order valence-corrected chi connectivity index (χ4v) is 0.619. The Kier molecular flexibility index (Phi) is 15.1. The predicted octanol–water partition coefficient (Wildman–Crippen LogP) is -1.89. The van der Waals surface area contributed by atoms with Gasteiger partial charge in [-0.1, -0.05) is 13.2 Å². The Hall–Kier alpha value is -1.38. The Morgan fingerprint density at radius 2 is 1.00 bits per heavy atom. The average molecular weight is 354 g/mol. The molecule has 0 aliphatic carbocycles. The van der Waals surface area contributed by atoms with Gasteiger partial charge in [0.1, 0.15) is 12.2 Å². The van der Waals surface area contributed by atoms with E-state index in [0.29, 0.717) is 0 Å². The molecule has 0 bridgehead atoms. The molecule has 0 aliphatic rings. The van der Waals surface area contributed by atoms with Gasteiger partial charge in [0.2, 0.25) is 0 Å². The second-order valence-electron chi connectivity index (χ2n) is 4.29. The van der Waals surface area contributed by atoms with Crippen molar-refractivity contribution in [2.45, 2.75) is 39.9 Å². The van der Waals surface area contributed by atoms with Crippen molar-refractivity contribution in [3.63, 3.8) is 0 Å². The van der Waals surface area contributed by atoms with E-state index in [0.717, 1.165) is 0 Å². The van der Waals surface area contributed by atoms with E-state index in [4.69, 9.17) is 0 Å². The van der Waals surface area contributed by atoms with Crippen molar-refractivity contribution in [1.82, 2.24) is 0 Å². The topological polar surface area (TPSA) is 133 Å². The Morgan fingerprint density at radius 3 is 1.13 bits per heavy atom. The van der Waals surface area contributed by atoms with E-state index in [2.05, 4.69) is 22.6 Å². The first kappa shape index (κ1) is 26.5. The van der Waals surface area contributed by atoms with Crippen LogP contribution in [0.3, 0.4) is 0 Å². The SMILES string of the molecule is C=C(C)C(=O)OC(C)C(=O)[O-].C=C(C)C(=O)OC(C)C(=O)[O-].[Ca+2]. The number of carboxylic acids is 2. The van der Waals surface area contributed by atoms with Crippen LogP contribution in [0, 0.1) is 0 Å². The van der Waals surface area contributed by atoms with E-state index in [1.807, 2.05) is 0 Å². The summed E-state index contributed by atoms with van der Waals surface area (Å²) < 4.78 is 8.75. The maximum absolute atomic E-state index is 10.6. The van der Waals surface area contributed by atoms with Crippen LogP contribution in [-0.2, 0) is 28.7 Å². The molecule has 0 spiro atoms. The quantitative estimate of drug-likeness (QED) is 0.307. The molecule has 0 aromatic heterocycles. The molecule has 0 saturated heterocycles. The van der Waals surface area contributed by atoms with Crippen LogP contribution < -0.4 is 10.2 Å². The van der Waals surface area contributed by atoms with Crippen molar-refractivity contribution in [3.8, 4) is 0 Å². The van der Waals surface area contributed by atoms with E-state index in [9.17, 15) is 29.4 Å². The first-order valence-corrected chi connectivity index (χ1v) is 6.04. The Morgan fingerprint density at radius 1 is 0.783 bits per heavy atom. The monoisotopic (exact) mass is 354 g/mol. The smallest absolute Gasteiger partial charge is 0.546 e. The van der Waals surface area contributed by atoms with Crippen LogP contribution >= 0.6 is 0 Å². The van der Waals surface area contributed by atoms with Gasteiger partial charge in [0.25, 0.3) is 0 Å². The molecular weight excluding hydrogens is 336 g/mol. The Labute approximate surface area is 164 Å². The number of carboxylic acid groups (broad SMARTS) is 2. The van der Waals surface area contributed by atoms with Gasteiger partial charge in [-0.3, -0.25) is 0 Å². The van der Waals surface area contributed by atoms with Crippen LogP contribution in [0.2, 0.25) is 0 Å². The molecule has 0 fully saturated rings. The third kappa shape index (κ3) is 14.0. The van der Waals surface area contributed by atoms with Crippen LogP contribution in [0.4, 0.5) is 0 Å². The van der Waals surface area contributed by atoms with Gasteiger partial charge >= 0.3 is 49.7 Å². The molecule has 0 rings (SSSR count). The van der Waals surface area contributed by atoms with E-state index in [1.54, 1.807) is 0 Å². The number of carbonyl (C=O) groups excluding carboxylic acids is 4. The normalized spacial score (nSPS) is 11.3. The van der Waals surface area contributed by atoms with Gasteiger partial charge in [0.05, 0.1) is 11.9 Å². The van der Waals surface area contributed by atoms with Crippen molar-refractivity contribution in [1.29, 1.82) is 0 Å². The van der Waals surface area contributed by atoms with Gasteiger partial charge in [-0.25, -0.2) is 9.59 Å². The first-order valence-electron chi connectivity index (χ1n) is 6.04. The zero-order valence-corrected chi connectivity index (χ0v) is 15.8. The maximum Gasteiger partial charge on any atom is 2.00 e. The summed E-state index contributed by atoms with van der Waals surface area (Å²) in [6, 6.07) is 0. The summed E-state index contributed by atoms with van der Waals surface area (Å²) in [6.07, 6.45) is -2.45. The number of hydrogen-bond acceptors (Lipinski definition) is 8. The molecular formula is C14H18CaO8. The van der Waals surface area contributed by atoms with Crippen LogP contribution in [0.25, 0.3) is 0 Å². The second kappa shape index (κ2) is 13.1. The third-order valence-corrected chi connectivity index (χ3v) is 1.93. The summed E-state index contributed by atoms with van der Waals surface area (Å²) in [5.74, 6) is -4.28. The standard InChI is InChI=1S/2C7H10O4.Ca/c2*1-4(2)7(10)11-5(3)6(8)9;/h2*5H,1H2,2-3H3,(H,8,9);/q;;+2/p-2. The minimum atomic E-state index is -1.42. The Balaban J connectivity index is -0.000000333. The van der Waals surface area contributed by atoms with Gasteiger partial charge in [0.15, 0.2) is 0 Å². The minimum absolute atomic E-state index is 0. The van der Waals surface area contributed by atoms with Gasteiger partial charge in [-0.2, -0.15) is 0 Å². The molecule has 0 radical (unpaired) electrons. The van der Waals surface area contributed by atoms with Crippen LogP contribution in [0.15, 0.2) is 24.3 Å². The van der Waals surface area contributed by atoms with E-state index in [-0.39, 0.29) is 48.9 Å². The number of aliphatic carboxylic acids is 2. The average Bonchev–Trinajstić information content (AvgIpc) is 2.38. The summed E-state index contributed by atoms with van der Waals surface area (Å²) >= 11 is 0. The number of esters is 2. The zero-order valence-electron chi connectivity index (χ0n) is 13.5. The van der Waals surface area contributed by atoms with Crippen molar-refractivity contribution < 1.29 is 38.9 Å². The van der Waals surface area contributed by atoms with E-state index in [1.165, 1.54) is 27.7 Å². The Bertz CT molecular complexity index is 439. The number of carbonyl (C=O) groups is 4. The summed E-state index contributed by atoms with van der Waals surface area (Å²) in [6.45, 7) is 11.9. The largest absolute Gasteiger partial charge is 2.00 e. The summed E-state index contributed by atoms with van der Waals surface area (Å²) in [7, 11) is 0. The van der Waals surface area contributed by atoms with Crippen LogP contribution in [-0.4, -0.2) is 73.8 Å². The summed E-state index contributed by atoms with van der Waals surface area (Å²) in [4.78, 5) is 41.4. The number of hydrogen-bond donors (Lipinski definition) is 0. The van der Waals surface area contributed by atoms with Gasteiger partial charge < -0.3 is 29.3 Å². The predicted molar refractivity (Wildman–Crippen MR) is 76.5 cm³/mol. The third-order valence-electron chi connectivity index (χ3n) is 1.93. The van der Waals surface area contributed by atoms with Crippen LogP contribution in [0.5, 0.6) is 0 Å². The zero-order chi connectivity index (χ0) is 18.0. The van der Waals surface area contributed by atoms with Crippen molar-refractivity contribution in [2.24, 2.45) is 0 Å². The molecule has 0 N–H and O–H groups in total. The fourth-order valence-electron chi connectivity index (χ4n) is 0.619. The molecule has 0 heterocycles. The minimum Gasteiger partial charge on any atom is -0.546 e. The fraction of sp³-hybridized carbons (Fsp3) is 0.429. The summed E-state index contributed by atoms with van der Waals surface area (Å²) in [5.41, 5.74) is 0.330. The molecule has 2 atom stereocenters. The van der Waals surface area contributed by atoms with Gasteiger partial charge in [-0.15, -0.1) is 0 Å². The van der Waals surface area contributed by atoms with Gasteiger partial charge in [-0.05, 0) is 27.7 Å². The van der Waals surface area contributed by atoms with Crippen LogP contribution in [0.1, 0.15) is 27.7 Å². The molecule has 2 unspecified atom stereocenters. The molecule has 8 nitrogen and oxygen atoms in total. The van der Waals surface area contributed by atoms with Crippen molar-refractivity contribution >= 4 is 61.6 Å². The van der Waals surface area contributed by atoms with Crippen molar-refractivity contribution in [2.75, 3.05) is 0 Å².